The number of nitrogens with zero attached hydrogens (tertiary/aromatic N) is 1. The van der Waals surface area contributed by atoms with Crippen molar-refractivity contribution in [2.75, 3.05) is 13.2 Å². The lowest BCUT2D eigenvalue weighted by Crippen LogP contribution is -2.29. The molecule has 1 heterocycles. The second-order valence-electron chi connectivity index (χ2n) is 6.17. The molecule has 2 amide bonds. The summed E-state index contributed by atoms with van der Waals surface area (Å²) in [6.07, 6.45) is 4.72. The van der Waals surface area contributed by atoms with Crippen LogP contribution in [0.1, 0.15) is 38.7 Å². The predicted molar refractivity (Wildman–Crippen MR) is 107 cm³/mol. The molecule has 0 N–H and O–H groups in total. The molecule has 1 saturated heterocycles. The molecule has 0 spiro atoms. The summed E-state index contributed by atoms with van der Waals surface area (Å²) in [4.78, 5) is 26.8. The largest absolute Gasteiger partial charge is 0.493 e. The second-order valence-corrected chi connectivity index (χ2v) is 7.17. The lowest BCUT2D eigenvalue weighted by molar-refractivity contribution is -0.122. The Balaban J connectivity index is 1.97. The van der Waals surface area contributed by atoms with Gasteiger partial charge in [0.05, 0.1) is 11.5 Å². The van der Waals surface area contributed by atoms with Crippen LogP contribution in [0.3, 0.4) is 0 Å². The van der Waals surface area contributed by atoms with Crippen LogP contribution in [0.15, 0.2) is 41.3 Å². The molecule has 0 aliphatic carbocycles. The smallest absolute Gasteiger partial charge is 0.293 e. The maximum absolute atomic E-state index is 12.7. The number of imide groups is 1. The van der Waals surface area contributed by atoms with Crippen LogP contribution in [0, 0.1) is 0 Å². The summed E-state index contributed by atoms with van der Waals surface area (Å²) >= 11 is 1.01. The molecule has 2 aromatic rings. The molecule has 1 aliphatic heterocycles. The van der Waals surface area contributed by atoms with Gasteiger partial charge in [-0.1, -0.05) is 50.1 Å². The van der Waals surface area contributed by atoms with Crippen molar-refractivity contribution in [3.63, 3.8) is 0 Å². The van der Waals surface area contributed by atoms with Gasteiger partial charge in [0, 0.05) is 12.1 Å². The van der Waals surface area contributed by atoms with E-state index in [-0.39, 0.29) is 11.1 Å². The topological polar surface area (TPSA) is 46.6 Å². The minimum Gasteiger partial charge on any atom is -0.493 e. The van der Waals surface area contributed by atoms with Gasteiger partial charge in [0.2, 0.25) is 0 Å². The molecule has 0 atom stereocenters. The van der Waals surface area contributed by atoms with E-state index in [9.17, 15) is 9.59 Å². The quantitative estimate of drug-likeness (QED) is 0.480. The number of thioether (sulfide) groups is 1. The van der Waals surface area contributed by atoms with Crippen molar-refractivity contribution in [1.29, 1.82) is 0 Å². The number of carbonyl (C=O) groups excluding carboxylic acids is 2. The molecule has 0 aromatic heterocycles. The highest BCUT2D eigenvalue weighted by Crippen LogP contribution is 2.36. The van der Waals surface area contributed by atoms with Gasteiger partial charge in [0.1, 0.15) is 5.75 Å². The highest BCUT2D eigenvalue weighted by molar-refractivity contribution is 8.18. The van der Waals surface area contributed by atoms with Gasteiger partial charge in [-0.3, -0.25) is 14.5 Å². The van der Waals surface area contributed by atoms with Crippen LogP contribution in [0.25, 0.3) is 16.8 Å². The number of amides is 2. The van der Waals surface area contributed by atoms with E-state index in [0.29, 0.717) is 18.1 Å². The molecule has 0 saturated carbocycles. The fourth-order valence-corrected chi connectivity index (χ4v) is 3.90. The van der Waals surface area contributed by atoms with E-state index in [1.54, 1.807) is 6.08 Å². The van der Waals surface area contributed by atoms with E-state index in [0.717, 1.165) is 53.1 Å². The third kappa shape index (κ3) is 3.78. The molecule has 1 aliphatic rings. The zero-order valence-corrected chi connectivity index (χ0v) is 16.0. The fourth-order valence-electron chi connectivity index (χ4n) is 3.05. The van der Waals surface area contributed by atoms with Crippen molar-refractivity contribution in [3.05, 3.63) is 46.9 Å². The Labute approximate surface area is 158 Å². The van der Waals surface area contributed by atoms with Crippen molar-refractivity contribution >= 4 is 39.8 Å². The second kappa shape index (κ2) is 8.41. The maximum atomic E-state index is 12.7. The Morgan fingerprint density at radius 3 is 2.65 bits per heavy atom. The first-order valence-corrected chi connectivity index (χ1v) is 9.87. The average Bonchev–Trinajstić information content (AvgIpc) is 2.91. The SMILES string of the molecule is CCCCCN1C(=O)S/C(=C\c2c(OCC)ccc3ccccc23)C1=O. The molecule has 1 fully saturated rings. The van der Waals surface area contributed by atoms with E-state index in [4.69, 9.17) is 4.74 Å². The summed E-state index contributed by atoms with van der Waals surface area (Å²) < 4.78 is 5.76. The third-order valence-electron chi connectivity index (χ3n) is 4.36. The summed E-state index contributed by atoms with van der Waals surface area (Å²) in [5.74, 6) is 0.524. The number of benzene rings is 2. The van der Waals surface area contributed by atoms with Crippen LogP contribution in [-0.4, -0.2) is 29.2 Å². The molecule has 0 bridgehead atoms. The minimum absolute atomic E-state index is 0.185. The number of carbonyl (C=O) groups is 2. The number of ether oxygens (including phenoxy) is 1. The normalized spacial score (nSPS) is 16.1. The van der Waals surface area contributed by atoms with Crippen LogP contribution < -0.4 is 4.74 Å². The summed E-state index contributed by atoms with van der Waals surface area (Å²) in [6, 6.07) is 11.9. The van der Waals surface area contributed by atoms with E-state index < -0.39 is 0 Å². The van der Waals surface area contributed by atoms with Gasteiger partial charge in [-0.15, -0.1) is 0 Å². The van der Waals surface area contributed by atoms with Crippen LogP contribution in [-0.2, 0) is 4.79 Å². The van der Waals surface area contributed by atoms with Gasteiger partial charge in [0.15, 0.2) is 0 Å². The maximum Gasteiger partial charge on any atom is 0.293 e. The molecular weight excluding hydrogens is 346 g/mol. The van der Waals surface area contributed by atoms with E-state index in [1.165, 1.54) is 4.90 Å². The van der Waals surface area contributed by atoms with Crippen LogP contribution in [0.2, 0.25) is 0 Å². The summed E-state index contributed by atoms with van der Waals surface area (Å²) in [5.41, 5.74) is 0.851. The van der Waals surface area contributed by atoms with Gasteiger partial charge >= 0.3 is 0 Å². The number of rotatable bonds is 7. The molecule has 136 valence electrons. The first kappa shape index (κ1) is 18.5. The molecular formula is C21H23NO3S. The van der Waals surface area contributed by atoms with Gasteiger partial charge < -0.3 is 4.74 Å². The van der Waals surface area contributed by atoms with E-state index in [1.807, 2.05) is 43.3 Å². The number of hydrogen-bond donors (Lipinski definition) is 0. The Kier molecular flexibility index (Phi) is 5.99. The molecule has 0 unspecified atom stereocenters. The third-order valence-corrected chi connectivity index (χ3v) is 5.27. The molecule has 4 nitrogen and oxygen atoms in total. The molecule has 26 heavy (non-hydrogen) atoms. The van der Waals surface area contributed by atoms with Crippen LogP contribution in [0.5, 0.6) is 5.75 Å². The van der Waals surface area contributed by atoms with Gasteiger partial charge in [-0.05, 0) is 48.0 Å². The first-order chi connectivity index (χ1) is 12.7. The Morgan fingerprint density at radius 2 is 1.88 bits per heavy atom. The summed E-state index contributed by atoms with van der Waals surface area (Å²) in [7, 11) is 0. The first-order valence-electron chi connectivity index (χ1n) is 9.05. The van der Waals surface area contributed by atoms with Gasteiger partial charge in [0.25, 0.3) is 11.1 Å². The molecule has 2 aromatic carbocycles. The molecule has 3 rings (SSSR count). The minimum atomic E-state index is -0.202. The fraction of sp³-hybridized carbons (Fsp3) is 0.333. The van der Waals surface area contributed by atoms with Crippen molar-refractivity contribution in [3.8, 4) is 5.75 Å². The van der Waals surface area contributed by atoms with Gasteiger partial charge in [-0.25, -0.2) is 0 Å². The number of fused-ring (bicyclic) bond motifs is 1. The van der Waals surface area contributed by atoms with Crippen molar-refractivity contribution < 1.29 is 14.3 Å². The Hall–Kier alpha value is -2.27. The zero-order chi connectivity index (χ0) is 18.5. The number of unbranched alkanes of at least 4 members (excludes halogenated alkanes) is 2. The highest BCUT2D eigenvalue weighted by atomic mass is 32.2. The van der Waals surface area contributed by atoms with Crippen LogP contribution in [0.4, 0.5) is 4.79 Å². The lowest BCUT2D eigenvalue weighted by atomic mass is 10.0. The van der Waals surface area contributed by atoms with Crippen LogP contribution >= 0.6 is 11.8 Å². The van der Waals surface area contributed by atoms with Crippen molar-refractivity contribution in [2.45, 2.75) is 33.1 Å². The highest BCUT2D eigenvalue weighted by Gasteiger charge is 2.34. The van der Waals surface area contributed by atoms with Crippen molar-refractivity contribution in [1.82, 2.24) is 4.90 Å². The molecule has 5 heteroatoms. The zero-order valence-electron chi connectivity index (χ0n) is 15.2. The predicted octanol–water partition coefficient (Wildman–Crippen LogP) is 5.47. The number of hydrogen-bond acceptors (Lipinski definition) is 4. The lowest BCUT2D eigenvalue weighted by Gasteiger charge is -2.12. The Bertz CT molecular complexity index is 859. The monoisotopic (exact) mass is 369 g/mol. The van der Waals surface area contributed by atoms with Gasteiger partial charge in [-0.2, -0.15) is 0 Å². The average molecular weight is 369 g/mol. The van der Waals surface area contributed by atoms with E-state index in [2.05, 4.69) is 6.92 Å². The van der Waals surface area contributed by atoms with Crippen molar-refractivity contribution in [2.24, 2.45) is 0 Å². The summed E-state index contributed by atoms with van der Waals surface area (Å²) in [5, 5.41) is 1.90. The molecule has 0 radical (unpaired) electrons. The Morgan fingerprint density at radius 1 is 1.08 bits per heavy atom. The van der Waals surface area contributed by atoms with E-state index >= 15 is 0 Å². The standard InChI is InChI=1S/C21H23NO3S/c1-3-5-8-13-22-20(23)19(26-21(22)24)14-17-16-10-7-6-9-15(16)11-12-18(17)25-4-2/h6-7,9-12,14H,3-5,8,13H2,1-2H3/b19-14-. The summed E-state index contributed by atoms with van der Waals surface area (Å²) in [6.45, 7) is 5.06.